The minimum absolute atomic E-state index is 0.0565. The Morgan fingerprint density at radius 2 is 2.07 bits per heavy atom. The summed E-state index contributed by atoms with van der Waals surface area (Å²) < 4.78 is 28.8. The Bertz CT molecular complexity index is 1130. The zero-order valence-corrected chi connectivity index (χ0v) is 16.9. The van der Waals surface area contributed by atoms with Crippen LogP contribution in [0.4, 0.5) is 8.78 Å². The third-order valence-electron chi connectivity index (χ3n) is 4.81. The van der Waals surface area contributed by atoms with Crippen molar-refractivity contribution < 1.29 is 13.6 Å². The quantitative estimate of drug-likeness (QED) is 0.658. The molecule has 0 spiro atoms. The average Bonchev–Trinajstić information content (AvgIpc) is 3.07. The highest BCUT2D eigenvalue weighted by Gasteiger charge is 2.23. The van der Waals surface area contributed by atoms with E-state index in [-0.39, 0.29) is 23.6 Å². The monoisotopic (exact) mass is 416 g/mol. The SMILES string of the molecule is CC(NC(=O)Cn1cnc2ccc(F)c(F)c21)c1ccc(C(C)(C)C#N)c(Cl)c1. The van der Waals surface area contributed by atoms with E-state index in [1.54, 1.807) is 39.0 Å². The number of amides is 1. The van der Waals surface area contributed by atoms with Crippen molar-refractivity contribution >= 4 is 28.5 Å². The summed E-state index contributed by atoms with van der Waals surface area (Å²) in [5, 5.41) is 12.5. The molecule has 0 aliphatic carbocycles. The first-order valence-corrected chi connectivity index (χ1v) is 9.31. The summed E-state index contributed by atoms with van der Waals surface area (Å²) in [5.41, 5.74) is 0.940. The first-order chi connectivity index (χ1) is 13.6. The van der Waals surface area contributed by atoms with Gasteiger partial charge < -0.3 is 9.88 Å². The molecule has 0 aliphatic heterocycles. The van der Waals surface area contributed by atoms with Gasteiger partial charge in [0.25, 0.3) is 0 Å². The number of carbonyl (C=O) groups is 1. The van der Waals surface area contributed by atoms with Crippen LogP contribution in [0.2, 0.25) is 5.02 Å². The molecule has 1 heterocycles. The Labute approximate surface area is 171 Å². The number of nitrogens with one attached hydrogen (secondary N) is 1. The summed E-state index contributed by atoms with van der Waals surface area (Å²) in [6.45, 7) is 5.12. The smallest absolute Gasteiger partial charge is 0.240 e. The molecule has 5 nitrogen and oxygen atoms in total. The average molecular weight is 417 g/mol. The molecule has 2 aromatic carbocycles. The van der Waals surface area contributed by atoms with E-state index in [0.29, 0.717) is 10.6 Å². The second-order valence-electron chi connectivity index (χ2n) is 7.37. The van der Waals surface area contributed by atoms with Gasteiger partial charge in [0.15, 0.2) is 11.6 Å². The summed E-state index contributed by atoms with van der Waals surface area (Å²) in [4.78, 5) is 16.4. The third kappa shape index (κ3) is 4.08. The first-order valence-electron chi connectivity index (χ1n) is 8.93. The minimum atomic E-state index is -1.04. The molecule has 1 aromatic heterocycles. The highest BCUT2D eigenvalue weighted by molar-refractivity contribution is 6.31. The number of imidazole rings is 1. The van der Waals surface area contributed by atoms with Crippen LogP contribution in [-0.2, 0) is 16.8 Å². The second kappa shape index (κ2) is 7.80. The molecule has 1 amide bonds. The Hall–Kier alpha value is -2.98. The van der Waals surface area contributed by atoms with Crippen LogP contribution in [0, 0.1) is 23.0 Å². The van der Waals surface area contributed by atoms with E-state index in [2.05, 4.69) is 16.4 Å². The molecule has 1 N–H and O–H groups in total. The van der Waals surface area contributed by atoms with E-state index in [1.807, 2.05) is 0 Å². The van der Waals surface area contributed by atoms with Gasteiger partial charge in [-0.25, -0.2) is 13.8 Å². The molecule has 1 atom stereocenters. The predicted molar refractivity (Wildman–Crippen MR) is 106 cm³/mol. The lowest BCUT2D eigenvalue weighted by Gasteiger charge is -2.20. The van der Waals surface area contributed by atoms with Gasteiger partial charge >= 0.3 is 0 Å². The first kappa shape index (κ1) is 20.7. The van der Waals surface area contributed by atoms with Gasteiger partial charge in [-0.15, -0.1) is 0 Å². The Morgan fingerprint density at radius 3 is 2.72 bits per heavy atom. The highest BCUT2D eigenvalue weighted by atomic mass is 35.5. The lowest BCUT2D eigenvalue weighted by molar-refractivity contribution is -0.122. The maximum atomic E-state index is 14.1. The molecule has 0 fully saturated rings. The molecule has 8 heteroatoms. The topological polar surface area (TPSA) is 70.7 Å². The Balaban J connectivity index is 1.76. The van der Waals surface area contributed by atoms with Crippen LogP contribution in [0.25, 0.3) is 11.0 Å². The summed E-state index contributed by atoms with van der Waals surface area (Å²) in [6, 6.07) is 9.46. The number of halogens is 3. The number of fused-ring (bicyclic) bond motifs is 1. The molecule has 0 radical (unpaired) electrons. The summed E-state index contributed by atoms with van der Waals surface area (Å²) >= 11 is 6.33. The molecule has 3 rings (SSSR count). The van der Waals surface area contributed by atoms with Crippen LogP contribution in [-0.4, -0.2) is 15.5 Å². The van der Waals surface area contributed by atoms with E-state index in [1.165, 1.54) is 17.0 Å². The fraction of sp³-hybridized carbons (Fsp3) is 0.286. The number of aromatic nitrogens is 2. The minimum Gasteiger partial charge on any atom is -0.348 e. The van der Waals surface area contributed by atoms with Crippen LogP contribution in [0.3, 0.4) is 0 Å². The molecule has 150 valence electrons. The third-order valence-corrected chi connectivity index (χ3v) is 5.12. The van der Waals surface area contributed by atoms with Gasteiger partial charge in [-0.05, 0) is 50.1 Å². The summed E-state index contributed by atoms with van der Waals surface area (Å²) in [6.07, 6.45) is 1.30. The van der Waals surface area contributed by atoms with Gasteiger partial charge in [0, 0.05) is 5.02 Å². The highest BCUT2D eigenvalue weighted by Crippen LogP contribution is 2.31. The van der Waals surface area contributed by atoms with Gasteiger partial charge in [-0.1, -0.05) is 23.7 Å². The van der Waals surface area contributed by atoms with E-state index in [0.717, 1.165) is 11.6 Å². The lowest BCUT2D eigenvalue weighted by Crippen LogP contribution is -2.30. The van der Waals surface area contributed by atoms with Crippen molar-refractivity contribution in [3.8, 4) is 6.07 Å². The Kier molecular flexibility index (Phi) is 5.58. The molecule has 0 saturated heterocycles. The van der Waals surface area contributed by atoms with Crippen molar-refractivity contribution in [1.82, 2.24) is 14.9 Å². The fourth-order valence-corrected chi connectivity index (χ4v) is 3.53. The van der Waals surface area contributed by atoms with E-state index in [4.69, 9.17) is 11.6 Å². The van der Waals surface area contributed by atoms with Gasteiger partial charge in [0.1, 0.15) is 12.1 Å². The van der Waals surface area contributed by atoms with Crippen molar-refractivity contribution in [2.45, 2.75) is 38.8 Å². The van der Waals surface area contributed by atoms with Crippen LogP contribution in [0.1, 0.15) is 37.9 Å². The molecule has 0 bridgehead atoms. The van der Waals surface area contributed by atoms with E-state index < -0.39 is 23.0 Å². The number of carbonyl (C=O) groups excluding carboxylic acids is 1. The van der Waals surface area contributed by atoms with Gasteiger partial charge in [0.05, 0.1) is 29.4 Å². The molecule has 1 unspecified atom stereocenters. The van der Waals surface area contributed by atoms with Crippen LogP contribution in [0.5, 0.6) is 0 Å². The second-order valence-corrected chi connectivity index (χ2v) is 7.77. The predicted octanol–water partition coefficient (Wildman–Crippen LogP) is 4.65. The van der Waals surface area contributed by atoms with Gasteiger partial charge in [-0.3, -0.25) is 4.79 Å². The van der Waals surface area contributed by atoms with E-state index in [9.17, 15) is 18.8 Å². The number of hydrogen-bond acceptors (Lipinski definition) is 3. The van der Waals surface area contributed by atoms with E-state index >= 15 is 0 Å². The lowest BCUT2D eigenvalue weighted by atomic mass is 9.85. The maximum absolute atomic E-state index is 14.1. The molecular weight excluding hydrogens is 398 g/mol. The molecule has 0 aliphatic rings. The maximum Gasteiger partial charge on any atom is 0.240 e. The number of benzene rings is 2. The van der Waals surface area contributed by atoms with Crippen LogP contribution < -0.4 is 5.32 Å². The normalized spacial score (nSPS) is 12.6. The fourth-order valence-electron chi connectivity index (χ4n) is 3.11. The summed E-state index contributed by atoms with van der Waals surface area (Å²) in [5.74, 6) is -2.43. The number of rotatable bonds is 5. The van der Waals surface area contributed by atoms with Crippen molar-refractivity contribution in [2.75, 3.05) is 0 Å². The molecule has 3 aromatic rings. The van der Waals surface area contributed by atoms with Gasteiger partial charge in [0.2, 0.25) is 5.91 Å². The van der Waals surface area contributed by atoms with Crippen molar-refractivity contribution in [3.05, 3.63) is 64.4 Å². The number of nitrogens with zero attached hydrogens (tertiary/aromatic N) is 3. The van der Waals surface area contributed by atoms with Crippen LogP contribution >= 0.6 is 11.6 Å². The molecule has 0 saturated carbocycles. The molecular formula is C21H19ClF2N4O. The standard InChI is InChI=1S/C21H19ClF2N4O/c1-12(13-4-5-14(15(22)8-13)21(2,3)10-25)27-18(29)9-28-11-26-17-7-6-16(23)19(24)20(17)28/h4-8,11-12H,9H2,1-3H3,(H,27,29). The van der Waals surface area contributed by atoms with Crippen molar-refractivity contribution in [2.24, 2.45) is 0 Å². The van der Waals surface area contributed by atoms with Crippen LogP contribution in [0.15, 0.2) is 36.7 Å². The molecule has 29 heavy (non-hydrogen) atoms. The summed E-state index contributed by atoms with van der Waals surface area (Å²) in [7, 11) is 0. The van der Waals surface area contributed by atoms with Crippen molar-refractivity contribution in [3.63, 3.8) is 0 Å². The Morgan fingerprint density at radius 1 is 1.34 bits per heavy atom. The van der Waals surface area contributed by atoms with Crippen molar-refractivity contribution in [1.29, 1.82) is 5.26 Å². The number of nitriles is 1. The zero-order valence-electron chi connectivity index (χ0n) is 16.1. The zero-order chi connectivity index (χ0) is 21.3. The van der Waals surface area contributed by atoms with Gasteiger partial charge in [-0.2, -0.15) is 5.26 Å². The number of hydrogen-bond donors (Lipinski definition) is 1. The largest absolute Gasteiger partial charge is 0.348 e.